The molecule has 2 rings (SSSR count). The van der Waals surface area contributed by atoms with Gasteiger partial charge < -0.3 is 20.7 Å². The minimum atomic E-state index is 0.0878. The van der Waals surface area contributed by atoms with Crippen LogP contribution in [0.3, 0.4) is 0 Å². The van der Waals surface area contributed by atoms with E-state index in [1.807, 2.05) is 0 Å². The Hall–Kier alpha value is -2.01. The van der Waals surface area contributed by atoms with E-state index in [4.69, 9.17) is 4.99 Å². The van der Waals surface area contributed by atoms with Crippen molar-refractivity contribution in [1.29, 1.82) is 0 Å². The van der Waals surface area contributed by atoms with Crippen LogP contribution >= 0.6 is 0 Å². The highest BCUT2D eigenvalue weighted by molar-refractivity contribution is 5.84. The van der Waals surface area contributed by atoms with E-state index in [9.17, 15) is 5.11 Å². The van der Waals surface area contributed by atoms with Gasteiger partial charge in [0.2, 0.25) is 0 Å². The van der Waals surface area contributed by atoms with Crippen molar-refractivity contribution in [3.63, 3.8) is 0 Å². The van der Waals surface area contributed by atoms with Crippen LogP contribution in [0.25, 0.3) is 10.9 Å². The van der Waals surface area contributed by atoms with Gasteiger partial charge >= 0.3 is 0 Å². The van der Waals surface area contributed by atoms with Crippen LogP contribution in [-0.4, -0.2) is 42.3 Å². The molecule has 27 heavy (non-hydrogen) atoms. The number of rotatable bonds is 10. The standard InChI is InChI=1S/C22H36N4O/c1-5-22(6-2,13-15-27)16-25-21(23-7-3)24-14-12-18-17(4)26-20-11-9-8-10-19(18)20/h8-11,26-27H,5-7,12-16H2,1-4H3,(H2,23,24,25). The first-order valence-corrected chi connectivity index (χ1v) is 10.3. The highest BCUT2D eigenvalue weighted by Gasteiger charge is 2.25. The van der Waals surface area contributed by atoms with Crippen LogP contribution in [0.2, 0.25) is 0 Å². The summed E-state index contributed by atoms with van der Waals surface area (Å²) in [5, 5.41) is 17.5. The summed E-state index contributed by atoms with van der Waals surface area (Å²) in [6.45, 7) is 11.2. The zero-order valence-electron chi connectivity index (χ0n) is 17.4. The van der Waals surface area contributed by atoms with Gasteiger partial charge in [-0.05, 0) is 56.6 Å². The van der Waals surface area contributed by atoms with E-state index < -0.39 is 0 Å². The normalized spacial score (nSPS) is 12.6. The zero-order chi connectivity index (χ0) is 19.7. The first-order chi connectivity index (χ1) is 13.1. The lowest BCUT2D eigenvalue weighted by molar-refractivity contribution is 0.175. The molecule has 0 fully saturated rings. The molecule has 0 aliphatic rings. The van der Waals surface area contributed by atoms with Gasteiger partial charge in [0.05, 0.1) is 0 Å². The molecule has 0 atom stereocenters. The van der Waals surface area contributed by atoms with E-state index >= 15 is 0 Å². The number of hydrogen-bond acceptors (Lipinski definition) is 2. The average molecular weight is 373 g/mol. The number of hydrogen-bond donors (Lipinski definition) is 4. The van der Waals surface area contributed by atoms with Crippen molar-refractivity contribution in [2.24, 2.45) is 10.4 Å². The number of nitrogens with zero attached hydrogens (tertiary/aromatic N) is 1. The molecular formula is C22H36N4O. The predicted octanol–water partition coefficient (Wildman–Crippen LogP) is 3.76. The third kappa shape index (κ3) is 5.48. The molecule has 0 amide bonds. The summed E-state index contributed by atoms with van der Waals surface area (Å²) < 4.78 is 0. The minimum absolute atomic E-state index is 0.0878. The topological polar surface area (TPSA) is 72.4 Å². The van der Waals surface area contributed by atoms with Crippen LogP contribution in [0.4, 0.5) is 0 Å². The maximum absolute atomic E-state index is 9.41. The molecule has 0 spiro atoms. The minimum Gasteiger partial charge on any atom is -0.396 e. The summed E-state index contributed by atoms with van der Waals surface area (Å²) in [5.74, 6) is 0.860. The lowest BCUT2D eigenvalue weighted by atomic mass is 9.79. The quantitative estimate of drug-likeness (QED) is 0.379. The van der Waals surface area contributed by atoms with E-state index in [-0.39, 0.29) is 12.0 Å². The Bertz CT molecular complexity index is 731. The first kappa shape index (κ1) is 21.3. The number of fused-ring (bicyclic) bond motifs is 1. The van der Waals surface area contributed by atoms with Crippen molar-refractivity contribution in [3.05, 3.63) is 35.5 Å². The number of H-pyrrole nitrogens is 1. The summed E-state index contributed by atoms with van der Waals surface area (Å²) in [5.41, 5.74) is 3.89. The second-order valence-electron chi connectivity index (χ2n) is 7.33. The van der Waals surface area contributed by atoms with Gasteiger partial charge in [-0.3, -0.25) is 4.99 Å². The van der Waals surface area contributed by atoms with E-state index in [0.29, 0.717) is 0 Å². The number of aliphatic imine (C=N–C) groups is 1. The zero-order valence-corrected chi connectivity index (χ0v) is 17.4. The van der Waals surface area contributed by atoms with Crippen LogP contribution < -0.4 is 10.6 Å². The summed E-state index contributed by atoms with van der Waals surface area (Å²) in [7, 11) is 0. The van der Waals surface area contributed by atoms with Gasteiger partial charge in [-0.15, -0.1) is 0 Å². The van der Waals surface area contributed by atoms with Gasteiger partial charge in [0.1, 0.15) is 0 Å². The Labute approximate surface area is 163 Å². The number of aromatic amines is 1. The molecular weight excluding hydrogens is 336 g/mol. The molecule has 0 radical (unpaired) electrons. The van der Waals surface area contributed by atoms with Crippen molar-refractivity contribution in [2.75, 3.05) is 26.2 Å². The van der Waals surface area contributed by atoms with Gasteiger partial charge in [0, 0.05) is 42.8 Å². The molecule has 1 aromatic carbocycles. The fraction of sp³-hybridized carbons (Fsp3) is 0.591. The Balaban J connectivity index is 2.02. The van der Waals surface area contributed by atoms with Crippen molar-refractivity contribution >= 4 is 16.9 Å². The Morgan fingerprint density at radius 3 is 2.56 bits per heavy atom. The van der Waals surface area contributed by atoms with E-state index in [0.717, 1.165) is 51.3 Å². The Kier molecular flexibility index (Phi) is 8.17. The Morgan fingerprint density at radius 2 is 1.89 bits per heavy atom. The van der Waals surface area contributed by atoms with E-state index in [1.165, 1.54) is 22.2 Å². The van der Waals surface area contributed by atoms with Gasteiger partial charge in [0.15, 0.2) is 5.96 Å². The maximum Gasteiger partial charge on any atom is 0.191 e. The molecule has 4 N–H and O–H groups in total. The Morgan fingerprint density at radius 1 is 1.15 bits per heavy atom. The molecule has 1 heterocycles. The van der Waals surface area contributed by atoms with Gasteiger partial charge in [-0.1, -0.05) is 32.0 Å². The number of aliphatic hydroxyl groups is 1. The van der Waals surface area contributed by atoms with Crippen molar-refractivity contribution < 1.29 is 5.11 Å². The highest BCUT2D eigenvalue weighted by Crippen LogP contribution is 2.30. The van der Waals surface area contributed by atoms with E-state index in [1.54, 1.807) is 0 Å². The van der Waals surface area contributed by atoms with Crippen LogP contribution in [0.1, 0.15) is 51.3 Å². The monoisotopic (exact) mass is 372 g/mol. The lowest BCUT2D eigenvalue weighted by Gasteiger charge is -2.29. The number of benzene rings is 1. The van der Waals surface area contributed by atoms with Crippen molar-refractivity contribution in [1.82, 2.24) is 15.6 Å². The first-order valence-electron chi connectivity index (χ1n) is 10.3. The molecule has 5 heteroatoms. The largest absolute Gasteiger partial charge is 0.396 e. The SMILES string of the molecule is CCNC(=NCC(CC)(CC)CCO)NCCc1c(C)[nH]c2ccccc12. The molecule has 0 saturated heterocycles. The molecule has 2 aromatic rings. The highest BCUT2D eigenvalue weighted by atomic mass is 16.3. The molecule has 5 nitrogen and oxygen atoms in total. The van der Waals surface area contributed by atoms with Crippen molar-refractivity contribution in [3.8, 4) is 0 Å². The second kappa shape index (κ2) is 10.4. The molecule has 1 aromatic heterocycles. The smallest absolute Gasteiger partial charge is 0.191 e. The predicted molar refractivity (Wildman–Crippen MR) is 115 cm³/mol. The molecule has 150 valence electrons. The number of aromatic nitrogens is 1. The number of para-hydroxylation sites is 1. The molecule has 0 saturated carbocycles. The van der Waals surface area contributed by atoms with Crippen LogP contribution in [-0.2, 0) is 6.42 Å². The van der Waals surface area contributed by atoms with Gasteiger partial charge in [0.25, 0.3) is 0 Å². The van der Waals surface area contributed by atoms with Crippen LogP contribution in [0.15, 0.2) is 29.3 Å². The number of aryl methyl sites for hydroxylation is 1. The molecule has 0 unspecified atom stereocenters. The van der Waals surface area contributed by atoms with Gasteiger partial charge in [-0.2, -0.15) is 0 Å². The fourth-order valence-corrected chi connectivity index (χ4v) is 3.69. The lowest BCUT2D eigenvalue weighted by Crippen LogP contribution is -2.39. The molecule has 0 bridgehead atoms. The van der Waals surface area contributed by atoms with Crippen molar-refractivity contribution in [2.45, 2.75) is 53.4 Å². The third-order valence-corrected chi connectivity index (χ3v) is 5.75. The number of aliphatic hydroxyl groups excluding tert-OH is 1. The maximum atomic E-state index is 9.41. The van der Waals surface area contributed by atoms with E-state index in [2.05, 4.69) is 67.6 Å². The summed E-state index contributed by atoms with van der Waals surface area (Å²) in [6.07, 6.45) is 3.81. The molecule has 0 aliphatic carbocycles. The van der Waals surface area contributed by atoms with Crippen LogP contribution in [0, 0.1) is 12.3 Å². The third-order valence-electron chi connectivity index (χ3n) is 5.75. The number of guanidine groups is 1. The summed E-state index contributed by atoms with van der Waals surface area (Å²) in [4.78, 5) is 8.29. The van der Waals surface area contributed by atoms with Gasteiger partial charge in [-0.25, -0.2) is 0 Å². The fourth-order valence-electron chi connectivity index (χ4n) is 3.69. The summed E-state index contributed by atoms with van der Waals surface area (Å²) >= 11 is 0. The average Bonchev–Trinajstić information content (AvgIpc) is 3.00. The molecule has 0 aliphatic heterocycles. The van der Waals surface area contributed by atoms with Crippen LogP contribution in [0.5, 0.6) is 0 Å². The second-order valence-corrected chi connectivity index (χ2v) is 7.33. The number of nitrogens with one attached hydrogen (secondary N) is 3. The summed E-state index contributed by atoms with van der Waals surface area (Å²) in [6, 6.07) is 8.46.